The van der Waals surface area contributed by atoms with E-state index in [0.29, 0.717) is 0 Å². The van der Waals surface area contributed by atoms with Gasteiger partial charge in [-0.1, -0.05) is 6.58 Å². The van der Waals surface area contributed by atoms with Crippen LogP contribution in [0.25, 0.3) is 0 Å². The Morgan fingerprint density at radius 3 is 2.62 bits per heavy atom. The molecule has 1 aliphatic rings. The van der Waals surface area contributed by atoms with Crippen LogP contribution < -0.4 is 0 Å². The molecule has 1 aliphatic heterocycles. The summed E-state index contributed by atoms with van der Waals surface area (Å²) in [5.74, 6) is -0.120. The Labute approximate surface area is 70.9 Å². The molecule has 7 heteroatoms. The molecule has 1 fully saturated rings. The molecule has 74 valence electrons. The molecule has 4 nitrogen and oxygen atoms in total. The van der Waals surface area contributed by atoms with E-state index in [4.69, 9.17) is 0 Å². The molecule has 0 bridgehead atoms. The standard InChI is InChI=1S/C6H5F3O4/c1-3-2-4(12-5(10)11-3)13-6(7,8)9/h4H,1-2H2. The van der Waals surface area contributed by atoms with Crippen LogP contribution in [0.2, 0.25) is 0 Å². The maximum absolute atomic E-state index is 11.6. The number of alkyl halides is 3. The number of cyclic esters (lactones) is 2. The van der Waals surface area contributed by atoms with Crippen LogP contribution in [-0.4, -0.2) is 18.8 Å². The maximum atomic E-state index is 11.6. The summed E-state index contributed by atoms with van der Waals surface area (Å²) in [6.07, 6.45) is -8.12. The Morgan fingerprint density at radius 1 is 1.54 bits per heavy atom. The third kappa shape index (κ3) is 3.32. The van der Waals surface area contributed by atoms with Gasteiger partial charge in [0.15, 0.2) is 0 Å². The Bertz CT molecular complexity index is 219. The zero-order valence-electron chi connectivity index (χ0n) is 6.26. The lowest BCUT2D eigenvalue weighted by Gasteiger charge is -2.23. The summed E-state index contributed by atoms with van der Waals surface area (Å²) in [6.45, 7) is 3.17. The van der Waals surface area contributed by atoms with Crippen LogP contribution in [0.15, 0.2) is 12.3 Å². The van der Waals surface area contributed by atoms with Gasteiger partial charge in [-0.3, -0.25) is 4.74 Å². The molecule has 13 heavy (non-hydrogen) atoms. The van der Waals surface area contributed by atoms with Crippen LogP contribution in [0.5, 0.6) is 0 Å². The molecule has 1 rings (SSSR count). The van der Waals surface area contributed by atoms with Crippen LogP contribution in [0.3, 0.4) is 0 Å². The Kier molecular flexibility index (Phi) is 2.46. The second-order valence-electron chi connectivity index (χ2n) is 2.21. The fourth-order valence-corrected chi connectivity index (χ4v) is 0.733. The number of halogens is 3. The van der Waals surface area contributed by atoms with Crippen molar-refractivity contribution in [1.82, 2.24) is 0 Å². The van der Waals surface area contributed by atoms with Gasteiger partial charge in [0.25, 0.3) is 0 Å². The van der Waals surface area contributed by atoms with Gasteiger partial charge in [-0.15, -0.1) is 13.2 Å². The summed E-state index contributed by atoms with van der Waals surface area (Å²) in [5, 5.41) is 0. The molecule has 0 saturated carbocycles. The molecule has 0 N–H and O–H groups in total. The van der Waals surface area contributed by atoms with Crippen molar-refractivity contribution in [2.45, 2.75) is 19.1 Å². The number of rotatable bonds is 1. The minimum atomic E-state index is -4.84. The highest BCUT2D eigenvalue weighted by Crippen LogP contribution is 2.25. The normalized spacial score (nSPS) is 23.8. The van der Waals surface area contributed by atoms with Gasteiger partial charge >= 0.3 is 12.5 Å². The largest absolute Gasteiger partial charge is 0.525 e. The lowest BCUT2D eigenvalue weighted by molar-refractivity contribution is -0.374. The van der Waals surface area contributed by atoms with Crippen LogP contribution >= 0.6 is 0 Å². The van der Waals surface area contributed by atoms with Crippen LogP contribution in [0.1, 0.15) is 6.42 Å². The molecule has 0 radical (unpaired) electrons. The average molecular weight is 198 g/mol. The predicted molar refractivity (Wildman–Crippen MR) is 32.3 cm³/mol. The summed E-state index contributed by atoms with van der Waals surface area (Å²) in [5.41, 5.74) is 0. The summed E-state index contributed by atoms with van der Waals surface area (Å²) in [6, 6.07) is 0. The summed E-state index contributed by atoms with van der Waals surface area (Å²) >= 11 is 0. The van der Waals surface area contributed by atoms with E-state index in [-0.39, 0.29) is 12.2 Å². The lowest BCUT2D eigenvalue weighted by Crippen LogP contribution is -2.32. The highest BCUT2D eigenvalue weighted by atomic mass is 19.4. The molecule has 0 amide bonds. The first-order valence-corrected chi connectivity index (χ1v) is 3.17. The number of carbonyl (C=O) groups excluding carboxylic acids is 1. The third-order valence-corrected chi connectivity index (χ3v) is 1.11. The summed E-state index contributed by atoms with van der Waals surface area (Å²) < 4.78 is 46.6. The first-order chi connectivity index (χ1) is 5.87. The van der Waals surface area contributed by atoms with E-state index in [9.17, 15) is 18.0 Å². The quantitative estimate of drug-likeness (QED) is 0.603. The molecule has 0 aromatic rings. The summed E-state index contributed by atoms with van der Waals surface area (Å²) in [4.78, 5) is 10.4. The van der Waals surface area contributed by atoms with Crippen LogP contribution in [0, 0.1) is 0 Å². The number of hydrogen-bond acceptors (Lipinski definition) is 4. The van der Waals surface area contributed by atoms with Crippen molar-refractivity contribution in [3.63, 3.8) is 0 Å². The highest BCUT2D eigenvalue weighted by molar-refractivity contribution is 5.62. The summed E-state index contributed by atoms with van der Waals surface area (Å²) in [7, 11) is 0. The minimum Gasteiger partial charge on any atom is -0.403 e. The van der Waals surface area contributed by atoms with Gasteiger partial charge in [-0.05, 0) is 0 Å². The molecule has 1 heterocycles. The van der Waals surface area contributed by atoms with Gasteiger partial charge in [-0.25, -0.2) is 4.79 Å². The number of carbonyl (C=O) groups is 1. The molecule has 1 saturated heterocycles. The molecule has 1 unspecified atom stereocenters. The molecular formula is C6H5F3O4. The van der Waals surface area contributed by atoms with E-state index in [0.717, 1.165) is 0 Å². The topological polar surface area (TPSA) is 44.8 Å². The molecule has 1 atom stereocenters. The fourth-order valence-electron chi connectivity index (χ4n) is 0.733. The monoisotopic (exact) mass is 198 g/mol. The zero-order valence-corrected chi connectivity index (χ0v) is 6.26. The van der Waals surface area contributed by atoms with Gasteiger partial charge in [0, 0.05) is 0 Å². The van der Waals surface area contributed by atoms with Crippen molar-refractivity contribution in [2.75, 3.05) is 0 Å². The molecule has 0 aromatic heterocycles. The third-order valence-electron chi connectivity index (χ3n) is 1.11. The van der Waals surface area contributed by atoms with Crippen LogP contribution in [0.4, 0.5) is 18.0 Å². The number of ether oxygens (including phenoxy) is 3. The van der Waals surface area contributed by atoms with Gasteiger partial charge in [-0.2, -0.15) is 0 Å². The van der Waals surface area contributed by atoms with Crippen molar-refractivity contribution in [3.05, 3.63) is 12.3 Å². The Hall–Kier alpha value is -1.24. The van der Waals surface area contributed by atoms with Crippen LogP contribution in [-0.2, 0) is 14.2 Å². The maximum Gasteiger partial charge on any atom is 0.525 e. The second kappa shape index (κ2) is 3.25. The lowest BCUT2D eigenvalue weighted by atomic mass is 10.3. The molecule has 0 spiro atoms. The molecule has 0 aromatic carbocycles. The van der Waals surface area contributed by atoms with Crippen molar-refractivity contribution >= 4 is 6.16 Å². The highest BCUT2D eigenvalue weighted by Gasteiger charge is 2.38. The SMILES string of the molecule is C=C1CC(OC(F)(F)F)OC(=O)O1. The van der Waals surface area contributed by atoms with Crippen molar-refractivity contribution in [2.24, 2.45) is 0 Å². The van der Waals surface area contributed by atoms with E-state index in [1.807, 2.05) is 0 Å². The van der Waals surface area contributed by atoms with Gasteiger partial charge in [0.2, 0.25) is 6.29 Å². The van der Waals surface area contributed by atoms with E-state index >= 15 is 0 Å². The van der Waals surface area contributed by atoms with Gasteiger partial charge in [0.05, 0.1) is 6.42 Å². The first-order valence-electron chi connectivity index (χ1n) is 3.17. The van der Waals surface area contributed by atoms with Gasteiger partial charge < -0.3 is 9.47 Å². The van der Waals surface area contributed by atoms with E-state index in [2.05, 4.69) is 20.8 Å². The average Bonchev–Trinajstić information content (AvgIpc) is 1.78. The van der Waals surface area contributed by atoms with E-state index in [1.54, 1.807) is 0 Å². The van der Waals surface area contributed by atoms with Crippen molar-refractivity contribution < 1.29 is 32.2 Å². The fraction of sp³-hybridized carbons (Fsp3) is 0.500. The molecular weight excluding hydrogens is 193 g/mol. The Balaban J connectivity index is 2.51. The first kappa shape index (κ1) is 9.85. The Morgan fingerprint density at radius 2 is 2.15 bits per heavy atom. The van der Waals surface area contributed by atoms with Crippen molar-refractivity contribution in [3.8, 4) is 0 Å². The van der Waals surface area contributed by atoms with Gasteiger partial charge in [0.1, 0.15) is 5.76 Å². The smallest absolute Gasteiger partial charge is 0.403 e. The second-order valence-corrected chi connectivity index (χ2v) is 2.21. The van der Waals surface area contributed by atoms with E-state index < -0.39 is 18.8 Å². The number of hydrogen-bond donors (Lipinski definition) is 0. The minimum absolute atomic E-state index is 0.120. The van der Waals surface area contributed by atoms with E-state index in [1.165, 1.54) is 0 Å². The zero-order chi connectivity index (χ0) is 10.1. The predicted octanol–water partition coefficient (Wildman–Crippen LogP) is 1.92. The molecule has 0 aliphatic carbocycles. The van der Waals surface area contributed by atoms with Crippen molar-refractivity contribution in [1.29, 1.82) is 0 Å².